The number of carbonyl (C=O) groups excluding carboxylic acids is 1. The number of nitrogens with one attached hydrogen (secondary N) is 1. The van der Waals surface area contributed by atoms with E-state index in [1.165, 1.54) is 0 Å². The van der Waals surface area contributed by atoms with Crippen LogP contribution in [-0.4, -0.2) is 78.4 Å². The van der Waals surface area contributed by atoms with Crippen LogP contribution in [0.25, 0.3) is 0 Å². The molecular formula is C49H98N2O5S4. The summed E-state index contributed by atoms with van der Waals surface area (Å²) in [5, 5.41) is 30.1. The molecule has 1 amide bonds. The lowest BCUT2D eigenvalue weighted by molar-refractivity contribution is 0.0507. The normalized spacial score (nSPS) is 13.0. The van der Waals surface area contributed by atoms with E-state index in [4.69, 9.17) is 74.7 Å². The maximum absolute atomic E-state index is 11.7. The molecule has 0 saturated carbocycles. The summed E-state index contributed by atoms with van der Waals surface area (Å²) in [4.78, 5) is 15.9. The van der Waals surface area contributed by atoms with Gasteiger partial charge in [-0.2, -0.15) is 0 Å². The first kappa shape index (κ1) is 66.1. The molecule has 358 valence electrons. The SMILES string of the molecule is CC(C)(C)CC(=S)CC(C)(C)CNC(=O)OC(C)(C)C.CC(C)(C)CC(=S)CC(C)(C)CO.CC(C)(C)CC(=S)CC(C)(CO)CO.CC(C)(C)CC(=S)CCC(C)(C)N. The largest absolute Gasteiger partial charge is 0.444 e. The second-order valence-corrected chi connectivity index (χ2v) is 27.9. The lowest BCUT2D eigenvalue weighted by Crippen LogP contribution is -2.38. The van der Waals surface area contributed by atoms with Crippen molar-refractivity contribution in [2.45, 2.75) is 221 Å². The monoisotopic (exact) mass is 923 g/mol. The second kappa shape index (κ2) is 27.7. The van der Waals surface area contributed by atoms with Gasteiger partial charge in [-0.3, -0.25) is 0 Å². The molecule has 0 aromatic carbocycles. The Labute approximate surface area is 393 Å². The lowest BCUT2D eigenvalue weighted by Gasteiger charge is -2.28. The topological polar surface area (TPSA) is 125 Å². The van der Waals surface area contributed by atoms with Gasteiger partial charge in [0.05, 0.1) is 13.2 Å². The molecule has 60 heavy (non-hydrogen) atoms. The predicted molar refractivity (Wildman–Crippen MR) is 279 cm³/mol. The molecule has 0 unspecified atom stereocenters. The second-order valence-electron chi connectivity index (χ2n) is 25.6. The van der Waals surface area contributed by atoms with Crippen molar-refractivity contribution in [3.05, 3.63) is 0 Å². The van der Waals surface area contributed by atoms with E-state index in [9.17, 15) is 4.79 Å². The first-order valence-electron chi connectivity index (χ1n) is 21.8. The number of amides is 1. The van der Waals surface area contributed by atoms with Crippen molar-refractivity contribution >= 4 is 74.4 Å². The van der Waals surface area contributed by atoms with Crippen molar-refractivity contribution in [2.24, 2.45) is 43.6 Å². The number of aliphatic hydroxyl groups is 3. The lowest BCUT2D eigenvalue weighted by atomic mass is 9.82. The van der Waals surface area contributed by atoms with Gasteiger partial charge in [-0.15, -0.1) is 0 Å². The highest BCUT2D eigenvalue weighted by atomic mass is 32.1. The van der Waals surface area contributed by atoms with Gasteiger partial charge in [0, 0.05) is 24.1 Å². The fourth-order valence-corrected chi connectivity index (χ4v) is 8.52. The maximum Gasteiger partial charge on any atom is 0.407 e. The smallest absolute Gasteiger partial charge is 0.407 e. The summed E-state index contributed by atoms with van der Waals surface area (Å²) in [5.74, 6) is 0. The zero-order valence-corrected chi connectivity index (χ0v) is 46.3. The summed E-state index contributed by atoms with van der Waals surface area (Å²) in [5.41, 5.74) is 5.76. The van der Waals surface area contributed by atoms with Crippen LogP contribution >= 0.6 is 48.9 Å². The van der Waals surface area contributed by atoms with E-state index in [0.717, 1.165) is 70.8 Å². The third kappa shape index (κ3) is 50.1. The maximum atomic E-state index is 11.7. The molecule has 0 aliphatic heterocycles. The minimum absolute atomic E-state index is 0.0201. The predicted octanol–water partition coefficient (Wildman–Crippen LogP) is 13.4. The fourth-order valence-electron chi connectivity index (χ4n) is 5.55. The third-order valence-electron chi connectivity index (χ3n) is 8.24. The molecule has 0 heterocycles. The van der Waals surface area contributed by atoms with Gasteiger partial charge in [-0.25, -0.2) is 4.79 Å². The molecule has 6 N–H and O–H groups in total. The first-order valence-corrected chi connectivity index (χ1v) is 23.5. The Balaban J connectivity index is -0.000000355. The van der Waals surface area contributed by atoms with Crippen LogP contribution in [-0.2, 0) is 4.74 Å². The van der Waals surface area contributed by atoms with Gasteiger partial charge in [0.15, 0.2) is 0 Å². The highest BCUT2D eigenvalue weighted by Gasteiger charge is 2.27. The summed E-state index contributed by atoms with van der Waals surface area (Å²) < 4.78 is 5.24. The van der Waals surface area contributed by atoms with E-state index >= 15 is 0 Å². The molecule has 0 radical (unpaired) electrons. The number of aliphatic hydroxyl groups excluding tert-OH is 3. The summed E-state index contributed by atoms with van der Waals surface area (Å²) in [6.45, 7) is 46.7. The van der Waals surface area contributed by atoms with Gasteiger partial charge in [-0.1, -0.05) is 167 Å². The number of ether oxygens (including phenoxy) is 1. The van der Waals surface area contributed by atoms with Crippen LogP contribution in [0.15, 0.2) is 0 Å². The molecule has 11 heteroatoms. The Kier molecular flexibility index (Phi) is 30.5. The Bertz CT molecular complexity index is 1280. The highest BCUT2D eigenvalue weighted by molar-refractivity contribution is 7.81. The zero-order chi connectivity index (χ0) is 49.0. The number of carbonyl (C=O) groups is 1. The minimum atomic E-state index is -0.463. The van der Waals surface area contributed by atoms with E-state index in [0.29, 0.717) is 18.4 Å². The molecule has 0 rings (SSSR count). The Morgan fingerprint density at radius 3 is 1.08 bits per heavy atom. The summed E-state index contributed by atoms with van der Waals surface area (Å²) in [6.07, 6.45) is 7.67. The van der Waals surface area contributed by atoms with Gasteiger partial charge in [0.2, 0.25) is 0 Å². The van der Waals surface area contributed by atoms with Gasteiger partial charge in [0.25, 0.3) is 0 Å². The third-order valence-corrected chi connectivity index (χ3v) is 9.45. The van der Waals surface area contributed by atoms with Crippen molar-refractivity contribution in [2.75, 3.05) is 26.4 Å². The number of nitrogens with two attached hydrogens (primary N) is 1. The van der Waals surface area contributed by atoms with Gasteiger partial charge in [0.1, 0.15) is 5.60 Å². The van der Waals surface area contributed by atoms with E-state index in [-0.39, 0.29) is 58.5 Å². The van der Waals surface area contributed by atoms with E-state index < -0.39 is 11.0 Å². The molecular weight excluding hydrogens is 825 g/mol. The summed E-state index contributed by atoms with van der Waals surface area (Å²) >= 11 is 21.4. The molecule has 0 fully saturated rings. The number of rotatable bonds is 18. The van der Waals surface area contributed by atoms with Crippen molar-refractivity contribution in [1.29, 1.82) is 0 Å². The van der Waals surface area contributed by atoms with E-state index in [1.807, 2.05) is 55.4 Å². The number of thiocarbonyl (C=S) groups is 4. The molecule has 0 aliphatic rings. The van der Waals surface area contributed by atoms with Gasteiger partial charge in [-0.05, 0) is 144 Å². The molecule has 0 aromatic heterocycles. The van der Waals surface area contributed by atoms with Crippen molar-refractivity contribution in [3.63, 3.8) is 0 Å². The standard InChI is InChI=1S/C16H31NO2S.C11H23NS.C11H22O2S.C11H22OS/c1-14(2,3)9-12(20)10-16(7,8)11-17-13(18)19-15(4,5)6;1-10(2,3)8-9(13)6-7-11(4,5)12;1-10(2,3)5-9(14)6-11(4,7-12)8-13;1-10(2,3)6-9(13)7-11(4,5)8-12/h9-11H2,1-8H3,(H,17,18);6-8,12H2,1-5H3;12-13H,5-8H2,1-4H3;12H,6-8H2,1-5H3. The first-order chi connectivity index (χ1) is 26.2. The number of hydrogen-bond acceptors (Lipinski definition) is 10. The average Bonchev–Trinajstić information content (AvgIpc) is 2.94. The van der Waals surface area contributed by atoms with Crippen molar-refractivity contribution < 1.29 is 24.9 Å². The van der Waals surface area contributed by atoms with Crippen LogP contribution in [0.2, 0.25) is 0 Å². The fraction of sp³-hybridized carbons (Fsp3) is 0.898. The van der Waals surface area contributed by atoms with Crippen molar-refractivity contribution in [3.8, 4) is 0 Å². The average molecular weight is 924 g/mol. The van der Waals surface area contributed by atoms with Crippen LogP contribution < -0.4 is 11.1 Å². The quantitative estimate of drug-likeness (QED) is 0.0849. The molecule has 0 aromatic rings. The number of hydrogen-bond donors (Lipinski definition) is 5. The van der Waals surface area contributed by atoms with Crippen LogP contribution in [0.4, 0.5) is 4.79 Å². The molecule has 0 aliphatic carbocycles. The van der Waals surface area contributed by atoms with Gasteiger partial charge >= 0.3 is 6.09 Å². The van der Waals surface area contributed by atoms with Crippen LogP contribution in [0, 0.1) is 37.9 Å². The highest BCUT2D eigenvalue weighted by Crippen LogP contribution is 2.29. The van der Waals surface area contributed by atoms with Crippen molar-refractivity contribution in [1.82, 2.24) is 5.32 Å². The Hall–Kier alpha value is -0.530. The minimum Gasteiger partial charge on any atom is -0.444 e. The summed E-state index contributed by atoms with van der Waals surface area (Å²) in [6, 6.07) is 0. The van der Waals surface area contributed by atoms with Crippen LogP contribution in [0.5, 0.6) is 0 Å². The van der Waals surface area contributed by atoms with Crippen LogP contribution in [0.3, 0.4) is 0 Å². The van der Waals surface area contributed by atoms with Gasteiger partial charge < -0.3 is 31.1 Å². The zero-order valence-electron chi connectivity index (χ0n) is 43.1. The summed E-state index contributed by atoms with van der Waals surface area (Å²) in [7, 11) is 0. The van der Waals surface area contributed by atoms with E-state index in [2.05, 4.69) is 102 Å². The van der Waals surface area contributed by atoms with Crippen LogP contribution in [0.1, 0.15) is 210 Å². The Morgan fingerprint density at radius 2 is 0.800 bits per heavy atom. The molecule has 0 saturated heterocycles. The molecule has 7 nitrogen and oxygen atoms in total. The number of alkyl carbamates (subject to hydrolysis) is 1. The van der Waals surface area contributed by atoms with E-state index in [1.54, 1.807) is 0 Å². The molecule has 0 spiro atoms. The molecule has 0 atom stereocenters. The Morgan fingerprint density at radius 1 is 0.483 bits per heavy atom. The molecule has 0 bridgehead atoms.